The molecule has 2 N–H and O–H groups in total. The standard InChI is InChI=1S/C16H16N2O6/c19-13-5-9(15(21)22)7-17(13)11-1-2-12(4-3-11)18-8-10(16(23)24)6-14(18)20/h1-4,9-10H,5-8H2,(H,21,22)(H,23,24)/t9-,10+. The highest BCUT2D eigenvalue weighted by Gasteiger charge is 2.36. The zero-order chi connectivity index (χ0) is 17.4. The number of benzene rings is 1. The lowest BCUT2D eigenvalue weighted by Gasteiger charge is -2.19. The maximum absolute atomic E-state index is 11.9. The van der Waals surface area contributed by atoms with Gasteiger partial charge in [-0.1, -0.05) is 0 Å². The predicted molar refractivity (Wildman–Crippen MR) is 82.6 cm³/mol. The number of hydrogen-bond donors (Lipinski definition) is 2. The lowest BCUT2D eigenvalue weighted by Crippen LogP contribution is -2.27. The Labute approximate surface area is 137 Å². The summed E-state index contributed by atoms with van der Waals surface area (Å²) < 4.78 is 0. The third-order valence-electron chi connectivity index (χ3n) is 4.42. The Balaban J connectivity index is 1.75. The first-order valence-corrected chi connectivity index (χ1v) is 7.53. The van der Waals surface area contributed by atoms with Crippen molar-refractivity contribution in [2.45, 2.75) is 12.8 Å². The van der Waals surface area contributed by atoms with Gasteiger partial charge in [0, 0.05) is 37.3 Å². The molecule has 0 aliphatic carbocycles. The molecule has 0 aromatic heterocycles. The second kappa shape index (κ2) is 5.95. The van der Waals surface area contributed by atoms with Crippen molar-refractivity contribution in [3.05, 3.63) is 24.3 Å². The van der Waals surface area contributed by atoms with E-state index in [9.17, 15) is 19.2 Å². The van der Waals surface area contributed by atoms with Crippen LogP contribution in [-0.4, -0.2) is 47.1 Å². The van der Waals surface area contributed by atoms with E-state index in [0.717, 1.165) is 0 Å². The summed E-state index contributed by atoms with van der Waals surface area (Å²) in [6.07, 6.45) is -0.0516. The molecule has 24 heavy (non-hydrogen) atoms. The first kappa shape index (κ1) is 16.0. The average molecular weight is 332 g/mol. The maximum Gasteiger partial charge on any atom is 0.308 e. The van der Waals surface area contributed by atoms with Crippen LogP contribution in [0.2, 0.25) is 0 Å². The number of rotatable bonds is 4. The van der Waals surface area contributed by atoms with Crippen molar-refractivity contribution in [2.75, 3.05) is 22.9 Å². The molecule has 1 aromatic carbocycles. The highest BCUT2D eigenvalue weighted by Crippen LogP contribution is 2.30. The van der Waals surface area contributed by atoms with Gasteiger partial charge in [-0.3, -0.25) is 19.2 Å². The Hall–Kier alpha value is -2.90. The highest BCUT2D eigenvalue weighted by atomic mass is 16.4. The van der Waals surface area contributed by atoms with E-state index < -0.39 is 23.8 Å². The van der Waals surface area contributed by atoms with Crippen molar-refractivity contribution in [1.29, 1.82) is 0 Å². The van der Waals surface area contributed by atoms with Crippen LogP contribution in [0.4, 0.5) is 11.4 Å². The van der Waals surface area contributed by atoms with Crippen LogP contribution < -0.4 is 9.80 Å². The molecule has 2 amide bonds. The van der Waals surface area contributed by atoms with Crippen LogP contribution in [0.25, 0.3) is 0 Å². The van der Waals surface area contributed by atoms with E-state index in [1.54, 1.807) is 24.3 Å². The molecule has 0 spiro atoms. The number of hydrogen-bond acceptors (Lipinski definition) is 4. The quantitative estimate of drug-likeness (QED) is 0.832. The molecule has 0 radical (unpaired) electrons. The van der Waals surface area contributed by atoms with Gasteiger partial charge in [-0.05, 0) is 24.3 Å². The van der Waals surface area contributed by atoms with Gasteiger partial charge in [0.15, 0.2) is 0 Å². The highest BCUT2D eigenvalue weighted by molar-refractivity contribution is 6.01. The van der Waals surface area contributed by atoms with Gasteiger partial charge in [-0.25, -0.2) is 0 Å². The summed E-state index contributed by atoms with van der Waals surface area (Å²) in [5.74, 6) is -3.92. The van der Waals surface area contributed by atoms with Gasteiger partial charge in [0.1, 0.15) is 0 Å². The Morgan fingerprint density at radius 2 is 1.12 bits per heavy atom. The summed E-state index contributed by atoms with van der Waals surface area (Å²) in [4.78, 5) is 48.7. The molecule has 2 aliphatic rings. The predicted octanol–water partition coefficient (Wildman–Crippen LogP) is 0.562. The summed E-state index contributed by atoms with van der Waals surface area (Å²) in [5, 5.41) is 18.0. The minimum Gasteiger partial charge on any atom is -0.481 e. The van der Waals surface area contributed by atoms with Crippen molar-refractivity contribution < 1.29 is 29.4 Å². The number of nitrogens with zero attached hydrogens (tertiary/aromatic N) is 2. The van der Waals surface area contributed by atoms with Gasteiger partial charge in [-0.2, -0.15) is 0 Å². The fourth-order valence-corrected chi connectivity index (χ4v) is 3.06. The number of carboxylic acid groups (broad SMARTS) is 2. The third kappa shape index (κ3) is 2.82. The summed E-state index contributed by atoms with van der Waals surface area (Å²) in [6.45, 7) is 0.245. The number of aliphatic carboxylic acids is 2. The van der Waals surface area contributed by atoms with Gasteiger partial charge >= 0.3 is 11.9 Å². The topological polar surface area (TPSA) is 115 Å². The number of amides is 2. The van der Waals surface area contributed by atoms with Crippen LogP contribution >= 0.6 is 0 Å². The van der Waals surface area contributed by atoms with Gasteiger partial charge in [-0.15, -0.1) is 0 Å². The first-order chi connectivity index (χ1) is 11.4. The minimum absolute atomic E-state index is 0.0258. The molecule has 8 nitrogen and oxygen atoms in total. The van der Waals surface area contributed by atoms with E-state index in [0.29, 0.717) is 11.4 Å². The first-order valence-electron chi connectivity index (χ1n) is 7.53. The molecule has 3 rings (SSSR count). The monoisotopic (exact) mass is 332 g/mol. The van der Waals surface area contributed by atoms with Crippen molar-refractivity contribution in [2.24, 2.45) is 11.8 Å². The lowest BCUT2D eigenvalue weighted by molar-refractivity contribution is -0.142. The molecule has 2 aliphatic heterocycles. The summed E-state index contributed by atoms with van der Waals surface area (Å²) in [5.41, 5.74) is 1.13. The molecule has 0 unspecified atom stereocenters. The molecule has 126 valence electrons. The van der Waals surface area contributed by atoms with E-state index in [1.807, 2.05) is 0 Å². The van der Waals surface area contributed by atoms with Crippen molar-refractivity contribution in [3.63, 3.8) is 0 Å². The fraction of sp³-hybridized carbons (Fsp3) is 0.375. The van der Waals surface area contributed by atoms with Crippen molar-refractivity contribution in [3.8, 4) is 0 Å². The lowest BCUT2D eigenvalue weighted by atomic mass is 10.1. The normalized spacial score (nSPS) is 23.8. The average Bonchev–Trinajstić information content (AvgIpc) is 3.11. The Kier molecular flexibility index (Phi) is 3.96. The molecule has 2 atom stereocenters. The minimum atomic E-state index is -0.996. The molecular formula is C16H16N2O6. The van der Waals surface area contributed by atoms with Gasteiger partial charge < -0.3 is 20.0 Å². The van der Waals surface area contributed by atoms with Crippen LogP contribution in [0.3, 0.4) is 0 Å². The van der Waals surface area contributed by atoms with E-state index in [2.05, 4.69) is 0 Å². The van der Waals surface area contributed by atoms with Crippen LogP contribution in [0.1, 0.15) is 12.8 Å². The third-order valence-corrected chi connectivity index (χ3v) is 4.42. The Bertz CT molecular complexity index is 653. The number of carbonyl (C=O) groups excluding carboxylic acids is 2. The zero-order valence-electron chi connectivity index (χ0n) is 12.7. The van der Waals surface area contributed by atoms with E-state index >= 15 is 0 Å². The maximum atomic E-state index is 11.9. The smallest absolute Gasteiger partial charge is 0.308 e. The summed E-state index contributed by atoms with van der Waals surface area (Å²) in [7, 11) is 0. The number of anilines is 2. The van der Waals surface area contributed by atoms with Crippen LogP contribution in [0, 0.1) is 11.8 Å². The van der Waals surface area contributed by atoms with Gasteiger partial charge in [0.05, 0.1) is 11.8 Å². The molecule has 8 heteroatoms. The zero-order valence-corrected chi connectivity index (χ0v) is 12.7. The van der Waals surface area contributed by atoms with Gasteiger partial charge in [0.25, 0.3) is 0 Å². The second-order valence-electron chi connectivity index (χ2n) is 6.00. The van der Waals surface area contributed by atoms with Crippen LogP contribution in [0.15, 0.2) is 24.3 Å². The number of carbonyl (C=O) groups is 4. The Morgan fingerprint density at radius 1 is 0.792 bits per heavy atom. The Morgan fingerprint density at radius 3 is 1.38 bits per heavy atom. The number of carboxylic acids is 2. The molecule has 0 bridgehead atoms. The van der Waals surface area contributed by atoms with Gasteiger partial charge in [0.2, 0.25) is 11.8 Å². The fourth-order valence-electron chi connectivity index (χ4n) is 3.06. The largest absolute Gasteiger partial charge is 0.481 e. The van der Waals surface area contributed by atoms with Crippen molar-refractivity contribution >= 4 is 35.1 Å². The summed E-state index contributed by atoms with van der Waals surface area (Å²) in [6, 6.07) is 6.55. The molecule has 2 saturated heterocycles. The molecule has 2 heterocycles. The van der Waals surface area contributed by atoms with Crippen molar-refractivity contribution in [1.82, 2.24) is 0 Å². The van der Waals surface area contributed by atoms with E-state index in [1.165, 1.54) is 9.80 Å². The molecule has 1 aromatic rings. The van der Waals surface area contributed by atoms with Crippen LogP contribution in [0.5, 0.6) is 0 Å². The molecule has 2 fully saturated rings. The SMILES string of the molecule is O=C(O)[C@@H]1CC(=O)N(c2ccc(N3C[C@@H](C(=O)O)CC3=O)cc2)C1. The second-order valence-corrected chi connectivity index (χ2v) is 6.00. The molecule has 0 saturated carbocycles. The molecular weight excluding hydrogens is 316 g/mol. The van der Waals surface area contributed by atoms with Crippen LogP contribution in [-0.2, 0) is 19.2 Å². The summed E-state index contributed by atoms with van der Waals surface area (Å²) >= 11 is 0. The van der Waals surface area contributed by atoms with E-state index in [4.69, 9.17) is 10.2 Å². The van der Waals surface area contributed by atoms with E-state index in [-0.39, 0.29) is 37.7 Å².